The predicted molar refractivity (Wildman–Crippen MR) is 110 cm³/mol. The molecule has 1 atom stereocenters. The van der Waals surface area contributed by atoms with Crippen molar-refractivity contribution in [1.82, 2.24) is 9.78 Å². The summed E-state index contributed by atoms with van der Waals surface area (Å²) in [6.07, 6.45) is 2.56. The average Bonchev–Trinajstić information content (AvgIpc) is 3.13. The highest BCUT2D eigenvalue weighted by Crippen LogP contribution is 2.49. The lowest BCUT2D eigenvalue weighted by atomic mass is 9.73. The minimum absolute atomic E-state index is 0.0457. The number of esters is 1. The third kappa shape index (κ3) is 3.03. The number of ketones is 1. The van der Waals surface area contributed by atoms with E-state index in [2.05, 4.69) is 24.3 Å². The van der Waals surface area contributed by atoms with E-state index in [1.54, 1.807) is 25.0 Å². The van der Waals surface area contributed by atoms with E-state index in [1.807, 2.05) is 12.1 Å². The molecule has 1 aliphatic carbocycles. The summed E-state index contributed by atoms with van der Waals surface area (Å²) in [5.41, 5.74) is 2.28. The molecule has 0 radical (unpaired) electrons. The van der Waals surface area contributed by atoms with Gasteiger partial charge in [0.05, 0.1) is 27.5 Å². The summed E-state index contributed by atoms with van der Waals surface area (Å²) in [5.74, 6) is 1.13. The molecule has 2 aromatic rings. The quantitative estimate of drug-likeness (QED) is 0.772. The summed E-state index contributed by atoms with van der Waals surface area (Å²) in [4.78, 5) is 25.6. The van der Waals surface area contributed by atoms with Gasteiger partial charge in [-0.05, 0) is 17.9 Å². The third-order valence-electron chi connectivity index (χ3n) is 5.64. The van der Waals surface area contributed by atoms with Crippen LogP contribution in [0.3, 0.4) is 0 Å². The first-order chi connectivity index (χ1) is 14.3. The maximum absolute atomic E-state index is 13.3. The van der Waals surface area contributed by atoms with E-state index in [0.29, 0.717) is 41.3 Å². The van der Waals surface area contributed by atoms with Crippen LogP contribution in [0.25, 0.3) is 0 Å². The second-order valence-corrected chi connectivity index (χ2v) is 8.29. The second kappa shape index (κ2) is 7.19. The van der Waals surface area contributed by atoms with Gasteiger partial charge in [-0.25, -0.2) is 9.48 Å². The molecule has 2 aliphatic rings. The van der Waals surface area contributed by atoms with Gasteiger partial charge in [0.1, 0.15) is 17.4 Å². The first-order valence-electron chi connectivity index (χ1n) is 9.71. The number of methoxy groups -OCH3 is 3. The third-order valence-corrected chi connectivity index (χ3v) is 5.64. The Labute approximate surface area is 174 Å². The van der Waals surface area contributed by atoms with Crippen LogP contribution in [-0.2, 0) is 9.53 Å². The highest BCUT2D eigenvalue weighted by atomic mass is 16.5. The van der Waals surface area contributed by atoms with E-state index in [0.717, 1.165) is 11.3 Å². The first-order valence-corrected chi connectivity index (χ1v) is 9.71. The van der Waals surface area contributed by atoms with Gasteiger partial charge in [0.2, 0.25) is 0 Å². The lowest BCUT2D eigenvalue weighted by Crippen LogP contribution is -2.37. The number of nitrogens with zero attached hydrogens (tertiary/aromatic N) is 2. The fourth-order valence-corrected chi connectivity index (χ4v) is 4.39. The van der Waals surface area contributed by atoms with Crippen LogP contribution in [0.4, 0.5) is 5.82 Å². The van der Waals surface area contributed by atoms with E-state index < -0.39 is 12.0 Å². The molecular formula is C22H25N3O5. The highest BCUT2D eigenvalue weighted by molar-refractivity contribution is 6.02. The van der Waals surface area contributed by atoms with Crippen molar-refractivity contribution >= 4 is 17.6 Å². The van der Waals surface area contributed by atoms with Crippen LogP contribution in [0.2, 0.25) is 0 Å². The molecule has 1 aromatic carbocycles. The summed E-state index contributed by atoms with van der Waals surface area (Å²) in [6, 6.07) is 4.98. The number of hydrogen-bond donors (Lipinski definition) is 1. The number of allylic oxidation sites excluding steroid dienone is 2. The number of nitrogens with one attached hydrogen (secondary N) is 1. The maximum atomic E-state index is 13.3. The minimum atomic E-state index is -0.552. The topological polar surface area (TPSA) is 91.7 Å². The van der Waals surface area contributed by atoms with Crippen molar-refractivity contribution in [3.63, 3.8) is 0 Å². The first kappa shape index (κ1) is 20.0. The number of Topliss-reactive ketones (excluding diaryl/α,β-unsaturated/α-hetero) is 1. The molecule has 0 fully saturated rings. The Bertz CT molecular complexity index is 1070. The normalized spacial score (nSPS) is 19.5. The number of fused-ring (bicyclic) bond motifs is 1. The molecule has 1 aliphatic heterocycles. The van der Waals surface area contributed by atoms with E-state index in [4.69, 9.17) is 14.2 Å². The highest BCUT2D eigenvalue weighted by Gasteiger charge is 2.43. The van der Waals surface area contributed by atoms with Crippen LogP contribution in [0.1, 0.15) is 48.7 Å². The lowest BCUT2D eigenvalue weighted by Gasteiger charge is -2.39. The van der Waals surface area contributed by atoms with Crippen molar-refractivity contribution in [2.45, 2.75) is 32.7 Å². The van der Waals surface area contributed by atoms with Gasteiger partial charge in [0.25, 0.3) is 0 Å². The van der Waals surface area contributed by atoms with E-state index in [-0.39, 0.29) is 11.2 Å². The smallest absolute Gasteiger partial charge is 0.343 e. The number of rotatable bonds is 4. The standard InChI is InChI=1S/C22H25N3O5/c1-22(2)9-14-17(15(26)10-22)18(12-7-6-8-16(28-3)19(12)29-4)25-20(24-14)13(11-23-25)21(27)30-5/h6-8,11,18,24H,9-10H2,1-5H3/t18-/m0/s1. The summed E-state index contributed by atoms with van der Waals surface area (Å²) in [5, 5.41) is 7.75. The molecule has 8 heteroatoms. The number of anilines is 1. The number of carbonyl (C=O) groups excluding carboxylic acids is 2. The van der Waals surface area contributed by atoms with Gasteiger partial charge < -0.3 is 19.5 Å². The Morgan fingerprint density at radius 1 is 1.20 bits per heavy atom. The van der Waals surface area contributed by atoms with Gasteiger partial charge in [-0.3, -0.25) is 4.79 Å². The van der Waals surface area contributed by atoms with Crippen molar-refractivity contribution in [1.29, 1.82) is 0 Å². The van der Waals surface area contributed by atoms with Crippen LogP contribution in [0.5, 0.6) is 11.5 Å². The van der Waals surface area contributed by atoms with Gasteiger partial charge in [-0.15, -0.1) is 0 Å². The van der Waals surface area contributed by atoms with Gasteiger partial charge in [-0.1, -0.05) is 26.0 Å². The summed E-state index contributed by atoms with van der Waals surface area (Å²) < 4.78 is 17.7. The number of ether oxygens (including phenoxy) is 3. The Morgan fingerprint density at radius 3 is 2.63 bits per heavy atom. The van der Waals surface area contributed by atoms with Gasteiger partial charge in [0.15, 0.2) is 17.3 Å². The summed E-state index contributed by atoms with van der Waals surface area (Å²) >= 11 is 0. The zero-order chi connectivity index (χ0) is 21.6. The fraction of sp³-hybridized carbons (Fsp3) is 0.409. The van der Waals surface area contributed by atoms with Crippen molar-refractivity contribution < 1.29 is 23.8 Å². The van der Waals surface area contributed by atoms with E-state index in [9.17, 15) is 9.59 Å². The molecule has 30 heavy (non-hydrogen) atoms. The molecule has 0 saturated carbocycles. The molecule has 0 spiro atoms. The second-order valence-electron chi connectivity index (χ2n) is 8.29. The largest absolute Gasteiger partial charge is 0.493 e. The number of hydrogen-bond acceptors (Lipinski definition) is 7. The molecular weight excluding hydrogens is 386 g/mol. The molecule has 1 aromatic heterocycles. The van der Waals surface area contributed by atoms with Crippen LogP contribution >= 0.6 is 0 Å². The molecule has 0 saturated heterocycles. The number of aromatic nitrogens is 2. The van der Waals surface area contributed by atoms with E-state index in [1.165, 1.54) is 13.3 Å². The Kier molecular flexibility index (Phi) is 4.80. The minimum Gasteiger partial charge on any atom is -0.493 e. The summed E-state index contributed by atoms with van der Waals surface area (Å²) in [7, 11) is 4.46. The average molecular weight is 411 g/mol. The summed E-state index contributed by atoms with van der Waals surface area (Å²) in [6.45, 7) is 4.12. The number of carbonyl (C=O) groups is 2. The van der Waals surface area contributed by atoms with Crippen molar-refractivity contribution in [3.05, 3.63) is 46.8 Å². The molecule has 158 valence electrons. The van der Waals surface area contributed by atoms with Gasteiger partial charge in [0, 0.05) is 23.3 Å². The van der Waals surface area contributed by atoms with Crippen LogP contribution in [0, 0.1) is 5.41 Å². The molecule has 0 bridgehead atoms. The molecule has 4 rings (SSSR count). The van der Waals surface area contributed by atoms with Crippen molar-refractivity contribution in [3.8, 4) is 11.5 Å². The Morgan fingerprint density at radius 2 is 1.97 bits per heavy atom. The zero-order valence-corrected chi connectivity index (χ0v) is 17.7. The number of para-hydroxylation sites is 1. The van der Waals surface area contributed by atoms with Gasteiger partial charge in [-0.2, -0.15) is 5.10 Å². The van der Waals surface area contributed by atoms with E-state index >= 15 is 0 Å². The predicted octanol–water partition coefficient (Wildman–Crippen LogP) is 3.35. The Balaban J connectivity index is 1.98. The van der Waals surface area contributed by atoms with Crippen molar-refractivity contribution in [2.75, 3.05) is 26.6 Å². The molecule has 2 heterocycles. The zero-order valence-electron chi connectivity index (χ0n) is 17.7. The van der Waals surface area contributed by atoms with Crippen LogP contribution in [-0.4, -0.2) is 42.9 Å². The molecule has 1 N–H and O–H groups in total. The lowest BCUT2D eigenvalue weighted by molar-refractivity contribution is -0.118. The van der Waals surface area contributed by atoms with Crippen LogP contribution in [0.15, 0.2) is 35.7 Å². The Hall–Kier alpha value is -3.29. The number of benzene rings is 1. The van der Waals surface area contributed by atoms with Gasteiger partial charge >= 0.3 is 5.97 Å². The molecule has 0 unspecified atom stereocenters. The maximum Gasteiger partial charge on any atom is 0.343 e. The molecule has 0 amide bonds. The fourth-order valence-electron chi connectivity index (χ4n) is 4.39. The molecule has 8 nitrogen and oxygen atoms in total. The van der Waals surface area contributed by atoms with Crippen LogP contribution < -0.4 is 14.8 Å². The van der Waals surface area contributed by atoms with Crippen molar-refractivity contribution in [2.24, 2.45) is 5.41 Å². The monoisotopic (exact) mass is 411 g/mol. The SMILES string of the molecule is COC(=O)c1cnn2c1NC1=C(C(=O)CC(C)(C)C1)[C@@H]2c1cccc(OC)c1OC.